The van der Waals surface area contributed by atoms with E-state index in [1.807, 2.05) is 18.3 Å². The fraction of sp³-hybridized carbons (Fsp3) is 0.350. The first-order chi connectivity index (χ1) is 12.7. The number of benzene rings is 1. The van der Waals surface area contributed by atoms with Crippen LogP contribution >= 0.6 is 11.9 Å². The SMILES string of the molecule is CCNC1CCN(c2cn(Sc3cccc(F)c3)c3cccnc23)CC1. The molecule has 1 N–H and O–H groups in total. The molecule has 1 aliphatic heterocycles. The quantitative estimate of drug-likeness (QED) is 0.726. The fourth-order valence-corrected chi connectivity index (χ4v) is 4.50. The zero-order valence-electron chi connectivity index (χ0n) is 14.9. The van der Waals surface area contributed by atoms with Crippen LogP contribution in [-0.2, 0) is 0 Å². The van der Waals surface area contributed by atoms with Crippen molar-refractivity contribution in [3.05, 3.63) is 54.6 Å². The van der Waals surface area contributed by atoms with Gasteiger partial charge in [0.25, 0.3) is 0 Å². The van der Waals surface area contributed by atoms with Gasteiger partial charge in [-0.2, -0.15) is 0 Å². The number of anilines is 1. The lowest BCUT2D eigenvalue weighted by Gasteiger charge is -2.33. The van der Waals surface area contributed by atoms with Crippen molar-refractivity contribution in [3.63, 3.8) is 0 Å². The minimum Gasteiger partial charge on any atom is -0.368 e. The van der Waals surface area contributed by atoms with Gasteiger partial charge in [0.1, 0.15) is 11.3 Å². The normalized spacial score (nSPS) is 15.7. The Morgan fingerprint density at radius 3 is 2.85 bits per heavy atom. The van der Waals surface area contributed by atoms with Gasteiger partial charge in [0.2, 0.25) is 0 Å². The Hall–Kier alpha value is -2.05. The van der Waals surface area contributed by atoms with Crippen molar-refractivity contribution in [2.24, 2.45) is 0 Å². The molecule has 0 aliphatic carbocycles. The fourth-order valence-electron chi connectivity index (χ4n) is 3.57. The second-order valence-corrected chi connectivity index (χ2v) is 7.63. The van der Waals surface area contributed by atoms with Gasteiger partial charge < -0.3 is 10.2 Å². The van der Waals surface area contributed by atoms with Crippen LogP contribution in [0.1, 0.15) is 19.8 Å². The number of fused-ring (bicyclic) bond motifs is 1. The maximum Gasteiger partial charge on any atom is 0.124 e. The number of hydrogen-bond acceptors (Lipinski definition) is 4. The summed E-state index contributed by atoms with van der Waals surface area (Å²) in [5.74, 6) is -0.213. The van der Waals surface area contributed by atoms with Gasteiger partial charge in [-0.25, -0.2) is 4.39 Å². The van der Waals surface area contributed by atoms with E-state index in [-0.39, 0.29) is 5.82 Å². The summed E-state index contributed by atoms with van der Waals surface area (Å²) in [6.07, 6.45) is 6.27. The van der Waals surface area contributed by atoms with E-state index in [2.05, 4.69) is 38.4 Å². The van der Waals surface area contributed by atoms with Crippen molar-refractivity contribution < 1.29 is 4.39 Å². The number of halogens is 1. The highest BCUT2D eigenvalue weighted by atomic mass is 32.2. The summed E-state index contributed by atoms with van der Waals surface area (Å²) >= 11 is 1.52. The Bertz CT molecular complexity index is 886. The molecule has 0 unspecified atom stereocenters. The summed E-state index contributed by atoms with van der Waals surface area (Å²) in [7, 11) is 0. The third kappa shape index (κ3) is 3.57. The third-order valence-electron chi connectivity index (χ3n) is 4.83. The minimum atomic E-state index is -0.213. The molecule has 0 atom stereocenters. The number of hydrogen-bond donors (Lipinski definition) is 1. The lowest BCUT2D eigenvalue weighted by atomic mass is 10.0. The third-order valence-corrected chi connectivity index (χ3v) is 5.80. The number of pyridine rings is 1. The Morgan fingerprint density at radius 2 is 2.08 bits per heavy atom. The van der Waals surface area contributed by atoms with E-state index >= 15 is 0 Å². The Kier molecular flexibility index (Phi) is 5.13. The molecular weight excluding hydrogens is 347 g/mol. The van der Waals surface area contributed by atoms with Crippen molar-refractivity contribution in [1.82, 2.24) is 14.3 Å². The predicted octanol–water partition coefficient (Wildman–Crippen LogP) is 4.31. The standard InChI is InChI=1S/C20H23FN4S/c1-2-22-16-8-11-24(12-9-16)19-14-25(18-7-4-10-23-20(18)19)26-17-6-3-5-15(21)13-17/h3-7,10,13-14,16,22H,2,8-9,11-12H2,1H3. The first-order valence-corrected chi connectivity index (χ1v) is 9.90. The summed E-state index contributed by atoms with van der Waals surface area (Å²) in [6.45, 7) is 5.24. The van der Waals surface area contributed by atoms with E-state index in [0.717, 1.165) is 48.4 Å². The van der Waals surface area contributed by atoms with E-state index in [1.54, 1.807) is 12.1 Å². The molecule has 1 saturated heterocycles. The highest BCUT2D eigenvalue weighted by Gasteiger charge is 2.22. The summed E-state index contributed by atoms with van der Waals surface area (Å²) in [4.78, 5) is 7.93. The summed E-state index contributed by atoms with van der Waals surface area (Å²) in [5, 5.41) is 3.55. The highest BCUT2D eigenvalue weighted by molar-refractivity contribution is 7.98. The summed E-state index contributed by atoms with van der Waals surface area (Å²) < 4.78 is 15.6. The van der Waals surface area contributed by atoms with Crippen LogP contribution in [0.15, 0.2) is 53.7 Å². The number of nitrogens with zero attached hydrogens (tertiary/aromatic N) is 3. The molecule has 3 aromatic rings. The Balaban J connectivity index is 1.62. The molecule has 0 bridgehead atoms. The van der Waals surface area contributed by atoms with Crippen LogP contribution in [0.25, 0.3) is 11.0 Å². The van der Waals surface area contributed by atoms with Crippen molar-refractivity contribution in [1.29, 1.82) is 0 Å². The van der Waals surface area contributed by atoms with E-state index in [0.29, 0.717) is 6.04 Å². The second-order valence-electron chi connectivity index (χ2n) is 6.58. The zero-order chi connectivity index (χ0) is 17.9. The predicted molar refractivity (Wildman–Crippen MR) is 106 cm³/mol. The van der Waals surface area contributed by atoms with Gasteiger partial charge in [-0.3, -0.25) is 8.96 Å². The molecule has 1 aromatic carbocycles. The van der Waals surface area contributed by atoms with Crippen LogP contribution < -0.4 is 10.2 Å². The largest absolute Gasteiger partial charge is 0.368 e. The number of aromatic nitrogens is 2. The molecule has 1 aliphatic rings. The van der Waals surface area contributed by atoms with Crippen LogP contribution in [0.5, 0.6) is 0 Å². The average Bonchev–Trinajstić information content (AvgIpc) is 3.01. The van der Waals surface area contributed by atoms with Gasteiger partial charge in [-0.05, 0) is 61.7 Å². The second kappa shape index (κ2) is 7.68. The Morgan fingerprint density at radius 1 is 1.23 bits per heavy atom. The lowest BCUT2D eigenvalue weighted by Crippen LogP contribution is -2.42. The molecule has 0 saturated carbocycles. The van der Waals surface area contributed by atoms with Gasteiger partial charge >= 0.3 is 0 Å². The molecule has 0 amide bonds. The van der Waals surface area contributed by atoms with Gasteiger partial charge in [0.15, 0.2) is 0 Å². The topological polar surface area (TPSA) is 33.1 Å². The minimum absolute atomic E-state index is 0.213. The van der Waals surface area contributed by atoms with E-state index < -0.39 is 0 Å². The van der Waals surface area contributed by atoms with Gasteiger partial charge in [-0.1, -0.05) is 13.0 Å². The van der Waals surface area contributed by atoms with E-state index in [9.17, 15) is 4.39 Å². The molecule has 0 radical (unpaired) electrons. The number of rotatable bonds is 5. The maximum atomic E-state index is 13.5. The monoisotopic (exact) mass is 370 g/mol. The number of piperidine rings is 1. The van der Waals surface area contributed by atoms with Crippen LogP contribution in [0, 0.1) is 5.82 Å². The first-order valence-electron chi connectivity index (χ1n) is 9.13. The van der Waals surface area contributed by atoms with Crippen LogP contribution in [0.2, 0.25) is 0 Å². The molecular formula is C20H23FN4S. The van der Waals surface area contributed by atoms with Crippen LogP contribution in [-0.4, -0.2) is 34.6 Å². The average molecular weight is 370 g/mol. The molecule has 4 nitrogen and oxygen atoms in total. The van der Waals surface area contributed by atoms with Crippen molar-refractivity contribution in [2.75, 3.05) is 24.5 Å². The zero-order valence-corrected chi connectivity index (χ0v) is 15.7. The molecule has 1 fully saturated rings. The van der Waals surface area contributed by atoms with Crippen molar-refractivity contribution in [2.45, 2.75) is 30.7 Å². The van der Waals surface area contributed by atoms with Gasteiger partial charge in [0, 0.05) is 36.4 Å². The molecule has 26 heavy (non-hydrogen) atoms. The van der Waals surface area contributed by atoms with Crippen LogP contribution in [0.4, 0.5) is 10.1 Å². The van der Waals surface area contributed by atoms with Gasteiger partial charge in [0.05, 0.1) is 11.2 Å². The van der Waals surface area contributed by atoms with Crippen molar-refractivity contribution >= 4 is 28.7 Å². The van der Waals surface area contributed by atoms with Crippen molar-refractivity contribution in [3.8, 4) is 0 Å². The smallest absolute Gasteiger partial charge is 0.124 e. The summed E-state index contributed by atoms with van der Waals surface area (Å²) in [6, 6.07) is 11.3. The molecule has 2 aromatic heterocycles. The lowest BCUT2D eigenvalue weighted by molar-refractivity contribution is 0.424. The molecule has 3 heterocycles. The van der Waals surface area contributed by atoms with Crippen LogP contribution in [0.3, 0.4) is 0 Å². The van der Waals surface area contributed by atoms with E-state index in [4.69, 9.17) is 0 Å². The first kappa shape index (κ1) is 17.4. The molecule has 0 spiro atoms. The van der Waals surface area contributed by atoms with E-state index in [1.165, 1.54) is 23.7 Å². The summed E-state index contributed by atoms with van der Waals surface area (Å²) in [5.41, 5.74) is 3.24. The Labute approximate surface area is 157 Å². The number of nitrogens with one attached hydrogen (secondary N) is 1. The molecule has 4 rings (SSSR count). The molecule has 136 valence electrons. The maximum absolute atomic E-state index is 13.5. The van der Waals surface area contributed by atoms with Gasteiger partial charge in [-0.15, -0.1) is 0 Å². The molecule has 6 heteroatoms. The highest BCUT2D eigenvalue weighted by Crippen LogP contribution is 2.34.